The first kappa shape index (κ1) is 11.6. The molecule has 0 radical (unpaired) electrons. The summed E-state index contributed by atoms with van der Waals surface area (Å²) >= 11 is 16.8. The van der Waals surface area contributed by atoms with Crippen LogP contribution in [-0.2, 0) is 0 Å². The summed E-state index contributed by atoms with van der Waals surface area (Å²) in [6.07, 6.45) is 0. The second-order valence-corrected chi connectivity index (χ2v) is 3.78. The summed E-state index contributed by atoms with van der Waals surface area (Å²) in [5, 5.41) is 7.44. The Morgan fingerprint density at radius 2 is 2.14 bits per heavy atom. The van der Waals surface area contributed by atoms with Crippen molar-refractivity contribution in [2.24, 2.45) is 0 Å². The highest BCUT2D eigenvalue weighted by atomic mass is 35.5. The Balaban J connectivity index is 2.76. The maximum Gasteiger partial charge on any atom is 0.170 e. The zero-order valence-electron chi connectivity index (χ0n) is 7.60. The van der Waals surface area contributed by atoms with Gasteiger partial charge in [0.1, 0.15) is 0 Å². The molecule has 0 saturated heterocycles. The monoisotopic (exact) mass is 248 g/mol. The smallest absolute Gasteiger partial charge is 0.170 e. The molecular weight excluding hydrogens is 239 g/mol. The Morgan fingerprint density at radius 3 is 2.79 bits per heavy atom. The van der Waals surface area contributed by atoms with Crippen LogP contribution >= 0.6 is 35.4 Å². The predicted molar refractivity (Wildman–Crippen MR) is 66.4 cm³/mol. The number of benzene rings is 1. The van der Waals surface area contributed by atoms with Gasteiger partial charge < -0.3 is 10.6 Å². The van der Waals surface area contributed by atoms with Gasteiger partial charge in [0.25, 0.3) is 0 Å². The molecule has 0 aliphatic rings. The summed E-state index contributed by atoms with van der Waals surface area (Å²) in [4.78, 5) is 0. The summed E-state index contributed by atoms with van der Waals surface area (Å²) in [5.41, 5.74) is 0.713. The molecule has 1 aromatic rings. The van der Waals surface area contributed by atoms with E-state index in [1.807, 2.05) is 19.1 Å². The maximum atomic E-state index is 5.96. The highest BCUT2D eigenvalue weighted by molar-refractivity contribution is 7.80. The summed E-state index contributed by atoms with van der Waals surface area (Å²) in [6, 6.07) is 5.36. The van der Waals surface area contributed by atoms with Crippen LogP contribution in [0.1, 0.15) is 6.92 Å². The molecule has 0 aromatic heterocycles. The molecule has 1 rings (SSSR count). The van der Waals surface area contributed by atoms with Gasteiger partial charge in [0, 0.05) is 6.54 Å². The standard InChI is InChI=1S/C9H10Cl2N2S/c1-2-12-9(14)13-7-5-3-4-6(10)8(7)11/h3-5H,2H2,1H3,(H2,12,13,14). The third-order valence-corrected chi connectivity index (χ3v) is 2.60. The first-order valence-corrected chi connectivity index (χ1v) is 5.30. The first-order valence-electron chi connectivity index (χ1n) is 4.14. The van der Waals surface area contributed by atoms with Crippen LogP contribution in [0.15, 0.2) is 18.2 Å². The number of halogens is 2. The van der Waals surface area contributed by atoms with Crippen molar-refractivity contribution in [2.75, 3.05) is 11.9 Å². The minimum Gasteiger partial charge on any atom is -0.363 e. The summed E-state index contributed by atoms with van der Waals surface area (Å²) in [5.74, 6) is 0. The molecule has 0 spiro atoms. The predicted octanol–water partition coefficient (Wildman–Crippen LogP) is 3.30. The van der Waals surface area contributed by atoms with Crippen molar-refractivity contribution in [2.45, 2.75) is 6.92 Å². The largest absolute Gasteiger partial charge is 0.363 e. The normalized spacial score (nSPS) is 9.64. The molecule has 14 heavy (non-hydrogen) atoms. The Kier molecular flexibility index (Phi) is 4.45. The minimum atomic E-state index is 0.481. The second-order valence-electron chi connectivity index (χ2n) is 2.59. The number of nitrogens with one attached hydrogen (secondary N) is 2. The number of rotatable bonds is 2. The molecule has 0 heterocycles. The molecule has 0 atom stereocenters. The summed E-state index contributed by atoms with van der Waals surface area (Å²) in [7, 11) is 0. The number of thiocarbonyl (C=S) groups is 1. The molecule has 0 aliphatic heterocycles. The number of hydrogen-bond donors (Lipinski definition) is 2. The van der Waals surface area contributed by atoms with Crippen LogP contribution in [0.4, 0.5) is 5.69 Å². The van der Waals surface area contributed by atoms with Gasteiger partial charge in [-0.2, -0.15) is 0 Å². The van der Waals surface area contributed by atoms with Crippen molar-refractivity contribution in [1.82, 2.24) is 5.32 Å². The van der Waals surface area contributed by atoms with Crippen LogP contribution in [0.3, 0.4) is 0 Å². The van der Waals surface area contributed by atoms with Crippen molar-refractivity contribution >= 4 is 46.2 Å². The summed E-state index contributed by atoms with van der Waals surface area (Å²) < 4.78 is 0. The molecule has 2 N–H and O–H groups in total. The zero-order valence-corrected chi connectivity index (χ0v) is 9.93. The van der Waals surface area contributed by atoms with E-state index in [-0.39, 0.29) is 0 Å². The van der Waals surface area contributed by atoms with Crippen LogP contribution in [-0.4, -0.2) is 11.7 Å². The fourth-order valence-electron chi connectivity index (χ4n) is 0.927. The van der Waals surface area contributed by atoms with Gasteiger partial charge in [-0.25, -0.2) is 0 Å². The highest BCUT2D eigenvalue weighted by Gasteiger charge is 2.04. The van der Waals surface area contributed by atoms with E-state index in [1.54, 1.807) is 6.07 Å². The quantitative estimate of drug-likeness (QED) is 0.786. The third-order valence-electron chi connectivity index (χ3n) is 1.54. The fourth-order valence-corrected chi connectivity index (χ4v) is 1.53. The van der Waals surface area contributed by atoms with Gasteiger partial charge in [-0.15, -0.1) is 0 Å². The van der Waals surface area contributed by atoms with Gasteiger partial charge in [-0.05, 0) is 31.3 Å². The number of anilines is 1. The number of hydrogen-bond acceptors (Lipinski definition) is 1. The van der Waals surface area contributed by atoms with Crippen molar-refractivity contribution in [1.29, 1.82) is 0 Å². The second kappa shape index (κ2) is 5.39. The van der Waals surface area contributed by atoms with E-state index in [4.69, 9.17) is 35.4 Å². The van der Waals surface area contributed by atoms with Gasteiger partial charge in [0.05, 0.1) is 15.7 Å². The molecule has 0 amide bonds. The Morgan fingerprint density at radius 1 is 1.43 bits per heavy atom. The first-order chi connectivity index (χ1) is 6.65. The lowest BCUT2D eigenvalue weighted by atomic mass is 10.3. The van der Waals surface area contributed by atoms with Crippen LogP contribution in [0.5, 0.6) is 0 Å². The lowest BCUT2D eigenvalue weighted by Crippen LogP contribution is -2.27. The van der Waals surface area contributed by atoms with E-state index in [1.165, 1.54) is 0 Å². The minimum absolute atomic E-state index is 0.481. The van der Waals surface area contributed by atoms with Crippen LogP contribution in [0, 0.1) is 0 Å². The molecule has 1 aromatic carbocycles. The molecule has 0 aliphatic carbocycles. The zero-order chi connectivity index (χ0) is 10.6. The van der Waals surface area contributed by atoms with E-state index in [2.05, 4.69) is 10.6 Å². The Hall–Kier alpha value is -0.510. The molecule has 0 unspecified atom stereocenters. The average molecular weight is 249 g/mol. The van der Waals surface area contributed by atoms with E-state index in [0.29, 0.717) is 20.8 Å². The van der Waals surface area contributed by atoms with E-state index in [0.717, 1.165) is 6.54 Å². The summed E-state index contributed by atoms with van der Waals surface area (Å²) in [6.45, 7) is 2.73. The van der Waals surface area contributed by atoms with Gasteiger partial charge in [-0.1, -0.05) is 29.3 Å². The molecule has 76 valence electrons. The molecule has 5 heteroatoms. The third kappa shape index (κ3) is 3.01. The average Bonchev–Trinajstić information content (AvgIpc) is 2.13. The van der Waals surface area contributed by atoms with Crippen molar-refractivity contribution in [3.8, 4) is 0 Å². The van der Waals surface area contributed by atoms with Crippen LogP contribution in [0.25, 0.3) is 0 Å². The van der Waals surface area contributed by atoms with E-state index >= 15 is 0 Å². The van der Waals surface area contributed by atoms with Crippen molar-refractivity contribution < 1.29 is 0 Å². The van der Waals surface area contributed by atoms with Gasteiger partial charge >= 0.3 is 0 Å². The highest BCUT2D eigenvalue weighted by Crippen LogP contribution is 2.29. The molecule has 0 saturated carbocycles. The molecular formula is C9H10Cl2N2S. The van der Waals surface area contributed by atoms with Crippen LogP contribution < -0.4 is 10.6 Å². The Labute approximate surface area is 98.6 Å². The maximum absolute atomic E-state index is 5.96. The van der Waals surface area contributed by atoms with E-state index < -0.39 is 0 Å². The van der Waals surface area contributed by atoms with Gasteiger partial charge in [-0.3, -0.25) is 0 Å². The lowest BCUT2D eigenvalue weighted by Gasteiger charge is -2.10. The molecule has 0 fully saturated rings. The van der Waals surface area contributed by atoms with E-state index in [9.17, 15) is 0 Å². The van der Waals surface area contributed by atoms with Gasteiger partial charge in [0.2, 0.25) is 0 Å². The fraction of sp³-hybridized carbons (Fsp3) is 0.222. The Bertz CT molecular complexity index is 342. The lowest BCUT2D eigenvalue weighted by molar-refractivity contribution is 0.979. The topological polar surface area (TPSA) is 24.1 Å². The van der Waals surface area contributed by atoms with Gasteiger partial charge in [0.15, 0.2) is 5.11 Å². The van der Waals surface area contributed by atoms with Crippen molar-refractivity contribution in [3.63, 3.8) is 0 Å². The van der Waals surface area contributed by atoms with Crippen LogP contribution in [0.2, 0.25) is 10.0 Å². The SMILES string of the molecule is CCNC(=S)Nc1cccc(Cl)c1Cl. The molecule has 0 bridgehead atoms. The van der Waals surface area contributed by atoms with Crippen molar-refractivity contribution in [3.05, 3.63) is 28.2 Å². The molecule has 2 nitrogen and oxygen atoms in total.